The van der Waals surface area contributed by atoms with E-state index in [1.807, 2.05) is 36.6 Å². The van der Waals surface area contributed by atoms with Crippen LogP contribution in [0.15, 0.2) is 34.7 Å². The summed E-state index contributed by atoms with van der Waals surface area (Å²) < 4.78 is 1.71. The van der Waals surface area contributed by atoms with Crippen molar-refractivity contribution in [1.29, 1.82) is 0 Å². The molecule has 1 amide bonds. The minimum atomic E-state index is -0.207. The van der Waals surface area contributed by atoms with Gasteiger partial charge in [-0.1, -0.05) is 17.8 Å². The molecule has 8 heteroatoms. The van der Waals surface area contributed by atoms with Crippen molar-refractivity contribution in [2.75, 3.05) is 7.05 Å². The molecule has 3 heterocycles. The predicted molar refractivity (Wildman–Crippen MR) is 83.5 cm³/mol. The van der Waals surface area contributed by atoms with Gasteiger partial charge in [-0.15, -0.1) is 21.5 Å². The highest BCUT2D eigenvalue weighted by Crippen LogP contribution is 2.25. The second-order valence-electron chi connectivity index (χ2n) is 4.32. The van der Waals surface area contributed by atoms with E-state index in [4.69, 9.17) is 0 Å². The topological polar surface area (TPSA) is 72.2 Å². The molecule has 108 valence electrons. The molecule has 1 atom stereocenters. The van der Waals surface area contributed by atoms with Gasteiger partial charge in [0.2, 0.25) is 5.91 Å². The Kier molecular flexibility index (Phi) is 3.89. The van der Waals surface area contributed by atoms with Crippen molar-refractivity contribution >= 4 is 34.7 Å². The lowest BCUT2D eigenvalue weighted by Crippen LogP contribution is -2.27. The van der Waals surface area contributed by atoms with E-state index in [0.29, 0.717) is 5.65 Å². The van der Waals surface area contributed by atoms with Crippen molar-refractivity contribution in [3.8, 4) is 10.7 Å². The van der Waals surface area contributed by atoms with Crippen molar-refractivity contribution in [2.24, 2.45) is 0 Å². The number of thiophene rings is 1. The Hall–Kier alpha value is -1.93. The third-order valence-corrected chi connectivity index (χ3v) is 4.79. The molecule has 0 bridgehead atoms. The summed E-state index contributed by atoms with van der Waals surface area (Å²) >= 11 is 2.99. The first-order valence-electron chi connectivity index (χ1n) is 6.33. The van der Waals surface area contributed by atoms with Crippen LogP contribution in [-0.4, -0.2) is 38.0 Å². The van der Waals surface area contributed by atoms with E-state index in [-0.39, 0.29) is 11.2 Å². The maximum atomic E-state index is 11.6. The maximum absolute atomic E-state index is 11.6. The molecule has 0 aliphatic rings. The summed E-state index contributed by atoms with van der Waals surface area (Å²) in [4.78, 5) is 12.6. The van der Waals surface area contributed by atoms with Gasteiger partial charge in [0.25, 0.3) is 0 Å². The number of nitrogens with one attached hydrogen (secondary N) is 1. The maximum Gasteiger partial charge on any atom is 0.233 e. The molecule has 0 fully saturated rings. The minimum Gasteiger partial charge on any atom is -0.358 e. The van der Waals surface area contributed by atoms with E-state index >= 15 is 0 Å². The third kappa shape index (κ3) is 2.77. The number of nitrogens with zero attached hydrogens (tertiary/aromatic N) is 4. The van der Waals surface area contributed by atoms with Crippen LogP contribution in [0.3, 0.4) is 0 Å². The largest absolute Gasteiger partial charge is 0.358 e. The molecule has 3 rings (SSSR count). The van der Waals surface area contributed by atoms with Gasteiger partial charge in [0.1, 0.15) is 5.03 Å². The van der Waals surface area contributed by atoms with E-state index in [2.05, 4.69) is 20.6 Å². The van der Waals surface area contributed by atoms with Gasteiger partial charge in [-0.25, -0.2) is 0 Å². The summed E-state index contributed by atoms with van der Waals surface area (Å²) in [6, 6.07) is 7.66. The van der Waals surface area contributed by atoms with Crippen molar-refractivity contribution in [3.63, 3.8) is 0 Å². The van der Waals surface area contributed by atoms with Gasteiger partial charge in [-0.05, 0) is 30.5 Å². The molecule has 21 heavy (non-hydrogen) atoms. The van der Waals surface area contributed by atoms with Gasteiger partial charge in [0.05, 0.1) is 10.1 Å². The first kappa shape index (κ1) is 14.0. The SMILES string of the molecule is CNC(=O)C(C)Sc1ccc2nnc(-c3cccs3)n2n1. The Morgan fingerprint density at radius 3 is 2.95 bits per heavy atom. The van der Waals surface area contributed by atoms with Crippen LogP contribution in [0, 0.1) is 0 Å². The third-order valence-electron chi connectivity index (χ3n) is 2.89. The van der Waals surface area contributed by atoms with Crippen molar-refractivity contribution < 1.29 is 4.79 Å². The van der Waals surface area contributed by atoms with Gasteiger partial charge in [-0.3, -0.25) is 4.79 Å². The number of thioether (sulfide) groups is 1. The zero-order valence-electron chi connectivity index (χ0n) is 11.5. The van der Waals surface area contributed by atoms with Crippen LogP contribution in [0.25, 0.3) is 16.3 Å². The Morgan fingerprint density at radius 1 is 1.38 bits per heavy atom. The standard InChI is InChI=1S/C13H13N5OS2/c1-8(13(19)14-2)21-11-6-5-10-15-16-12(18(10)17-11)9-4-3-7-20-9/h3-8H,1-2H3,(H,14,19). The number of hydrogen-bond acceptors (Lipinski definition) is 6. The molecular weight excluding hydrogens is 306 g/mol. The second-order valence-corrected chi connectivity index (χ2v) is 6.63. The molecule has 0 aliphatic heterocycles. The average molecular weight is 319 g/mol. The van der Waals surface area contributed by atoms with E-state index in [0.717, 1.165) is 15.7 Å². The number of hydrogen-bond donors (Lipinski definition) is 1. The monoisotopic (exact) mass is 319 g/mol. The van der Waals surface area contributed by atoms with Crippen LogP contribution in [0.1, 0.15) is 6.92 Å². The zero-order chi connectivity index (χ0) is 14.8. The number of fused-ring (bicyclic) bond motifs is 1. The fraction of sp³-hybridized carbons (Fsp3) is 0.231. The molecule has 3 aromatic rings. The summed E-state index contributed by atoms with van der Waals surface area (Å²) in [6.45, 7) is 1.85. The van der Waals surface area contributed by atoms with E-state index < -0.39 is 0 Å². The molecule has 0 saturated heterocycles. The van der Waals surface area contributed by atoms with Gasteiger partial charge >= 0.3 is 0 Å². The lowest BCUT2D eigenvalue weighted by atomic mass is 10.4. The molecule has 1 unspecified atom stereocenters. The van der Waals surface area contributed by atoms with Crippen LogP contribution in [-0.2, 0) is 4.79 Å². The predicted octanol–water partition coefficient (Wildman–Crippen LogP) is 2.08. The Labute approximate surface area is 129 Å². The average Bonchev–Trinajstić information content (AvgIpc) is 3.14. The lowest BCUT2D eigenvalue weighted by Gasteiger charge is -2.08. The fourth-order valence-electron chi connectivity index (χ4n) is 1.83. The second kappa shape index (κ2) is 5.82. The zero-order valence-corrected chi connectivity index (χ0v) is 13.1. The number of rotatable bonds is 4. The summed E-state index contributed by atoms with van der Waals surface area (Å²) in [5.41, 5.74) is 0.690. The summed E-state index contributed by atoms with van der Waals surface area (Å²) in [6.07, 6.45) is 0. The van der Waals surface area contributed by atoms with Crippen LogP contribution in [0.5, 0.6) is 0 Å². The number of amides is 1. The first-order valence-corrected chi connectivity index (χ1v) is 8.09. The van der Waals surface area contributed by atoms with Gasteiger partial charge in [-0.2, -0.15) is 9.61 Å². The van der Waals surface area contributed by atoms with E-state index in [1.165, 1.54) is 11.8 Å². The van der Waals surface area contributed by atoms with Gasteiger partial charge in [0.15, 0.2) is 11.5 Å². The van der Waals surface area contributed by atoms with Crippen LogP contribution < -0.4 is 5.32 Å². The smallest absolute Gasteiger partial charge is 0.233 e. The summed E-state index contributed by atoms with van der Waals surface area (Å²) in [5, 5.41) is 18.0. The molecule has 0 saturated carbocycles. The molecular formula is C13H13N5OS2. The Bertz CT molecular complexity index is 768. The van der Waals surface area contributed by atoms with Crippen LogP contribution in [0.4, 0.5) is 0 Å². The Morgan fingerprint density at radius 2 is 2.24 bits per heavy atom. The highest BCUT2D eigenvalue weighted by molar-refractivity contribution is 8.00. The molecule has 3 aromatic heterocycles. The Balaban J connectivity index is 1.95. The van der Waals surface area contributed by atoms with Crippen LogP contribution >= 0.6 is 23.1 Å². The molecule has 0 aromatic carbocycles. The molecule has 0 spiro atoms. The van der Waals surface area contributed by atoms with Crippen molar-refractivity contribution in [1.82, 2.24) is 25.1 Å². The first-order chi connectivity index (χ1) is 10.2. The number of carbonyl (C=O) groups is 1. The van der Waals surface area contributed by atoms with Crippen molar-refractivity contribution in [2.45, 2.75) is 17.2 Å². The van der Waals surface area contributed by atoms with Crippen LogP contribution in [0.2, 0.25) is 0 Å². The minimum absolute atomic E-state index is 0.0240. The van der Waals surface area contributed by atoms with Crippen molar-refractivity contribution in [3.05, 3.63) is 29.6 Å². The summed E-state index contributed by atoms with van der Waals surface area (Å²) in [7, 11) is 1.63. The normalized spacial score (nSPS) is 12.5. The number of carbonyl (C=O) groups excluding carboxylic acids is 1. The number of aromatic nitrogens is 4. The van der Waals surface area contributed by atoms with E-state index in [9.17, 15) is 4.79 Å². The molecule has 0 aliphatic carbocycles. The lowest BCUT2D eigenvalue weighted by molar-refractivity contribution is -0.119. The van der Waals surface area contributed by atoms with Gasteiger partial charge < -0.3 is 5.32 Å². The molecule has 1 N–H and O–H groups in total. The molecule has 0 radical (unpaired) electrons. The van der Waals surface area contributed by atoms with E-state index in [1.54, 1.807) is 22.9 Å². The quantitative estimate of drug-likeness (QED) is 0.745. The highest BCUT2D eigenvalue weighted by Gasteiger charge is 2.15. The fourth-order valence-corrected chi connectivity index (χ4v) is 3.39. The van der Waals surface area contributed by atoms with Gasteiger partial charge in [0, 0.05) is 7.05 Å². The molecule has 6 nitrogen and oxygen atoms in total. The highest BCUT2D eigenvalue weighted by atomic mass is 32.2. The summed E-state index contributed by atoms with van der Waals surface area (Å²) in [5.74, 6) is 0.694.